The number of nitrogens with zero attached hydrogens (tertiary/aromatic N) is 3. The number of rotatable bonds is 4. The summed E-state index contributed by atoms with van der Waals surface area (Å²) in [4.78, 5) is 2.53. The van der Waals surface area contributed by atoms with Crippen LogP contribution in [0.2, 0.25) is 0 Å². The monoisotopic (exact) mass is 253 g/mol. The van der Waals surface area contributed by atoms with E-state index in [-0.39, 0.29) is 57.9 Å². The van der Waals surface area contributed by atoms with E-state index in [0.717, 1.165) is 12.1 Å². The quantitative estimate of drug-likeness (QED) is 0.303. The molecule has 0 unspecified atom stereocenters. The SMILES string of the molecule is [K+].[N-]=[N+]=NCCc1cccc([B-](F)(F)F)c1. The van der Waals surface area contributed by atoms with Crippen molar-refractivity contribution in [2.45, 2.75) is 6.42 Å². The van der Waals surface area contributed by atoms with Crippen LogP contribution in [0.4, 0.5) is 12.9 Å². The van der Waals surface area contributed by atoms with Crippen molar-refractivity contribution in [1.82, 2.24) is 0 Å². The third kappa shape index (κ3) is 5.38. The van der Waals surface area contributed by atoms with Crippen molar-refractivity contribution in [2.24, 2.45) is 5.11 Å². The molecule has 80 valence electrons. The summed E-state index contributed by atoms with van der Waals surface area (Å²) >= 11 is 0. The molecule has 0 saturated carbocycles. The van der Waals surface area contributed by atoms with Crippen LogP contribution in [-0.2, 0) is 6.42 Å². The van der Waals surface area contributed by atoms with Crippen molar-refractivity contribution in [1.29, 1.82) is 0 Å². The first-order valence-corrected chi connectivity index (χ1v) is 4.33. The van der Waals surface area contributed by atoms with Crippen molar-refractivity contribution in [3.8, 4) is 0 Å². The van der Waals surface area contributed by atoms with Gasteiger partial charge in [-0.25, -0.2) is 0 Å². The number of halogens is 3. The molecular weight excluding hydrogens is 245 g/mol. The van der Waals surface area contributed by atoms with Gasteiger partial charge in [-0.15, -0.1) is 5.46 Å². The minimum Gasteiger partial charge on any atom is -0.445 e. The van der Waals surface area contributed by atoms with Crippen LogP contribution >= 0.6 is 0 Å². The fourth-order valence-corrected chi connectivity index (χ4v) is 1.18. The first-order chi connectivity index (χ1) is 7.04. The van der Waals surface area contributed by atoms with Crippen LogP contribution in [-0.4, -0.2) is 13.5 Å². The van der Waals surface area contributed by atoms with Gasteiger partial charge in [-0.1, -0.05) is 34.9 Å². The Bertz CT molecular complexity index is 390. The van der Waals surface area contributed by atoms with Gasteiger partial charge in [-0.05, 0) is 12.0 Å². The minimum absolute atomic E-state index is 0. The van der Waals surface area contributed by atoms with E-state index in [1.807, 2.05) is 0 Å². The van der Waals surface area contributed by atoms with Gasteiger partial charge in [-0.3, -0.25) is 0 Å². The average Bonchev–Trinajstić information content (AvgIpc) is 2.17. The standard InChI is InChI=1S/C8H8BF3N3.K/c10-9(11,12)8-3-1-2-7(6-8)4-5-14-15-13;/h1-3,6H,4-5H2;/q-1;+1. The predicted molar refractivity (Wildman–Crippen MR) is 52.9 cm³/mol. The largest absolute Gasteiger partial charge is 1.00 e. The molecule has 0 aliphatic carbocycles. The molecule has 16 heavy (non-hydrogen) atoms. The second kappa shape index (κ2) is 7.37. The Morgan fingerprint density at radius 2 is 2.00 bits per heavy atom. The second-order valence-corrected chi connectivity index (χ2v) is 3.02. The number of azide groups is 1. The Morgan fingerprint density at radius 3 is 2.56 bits per heavy atom. The molecule has 1 aromatic carbocycles. The smallest absolute Gasteiger partial charge is 0.445 e. The van der Waals surface area contributed by atoms with Gasteiger partial charge in [0.15, 0.2) is 0 Å². The third-order valence-corrected chi connectivity index (χ3v) is 1.89. The molecule has 0 aliphatic rings. The molecule has 0 amide bonds. The van der Waals surface area contributed by atoms with Gasteiger partial charge in [0.1, 0.15) is 0 Å². The van der Waals surface area contributed by atoms with Crippen molar-refractivity contribution in [2.75, 3.05) is 6.54 Å². The van der Waals surface area contributed by atoms with Crippen molar-refractivity contribution >= 4 is 12.4 Å². The Morgan fingerprint density at radius 1 is 1.31 bits per heavy atom. The Balaban J connectivity index is 0.00000225. The van der Waals surface area contributed by atoms with Crippen LogP contribution in [0.5, 0.6) is 0 Å². The first kappa shape index (κ1) is 16.0. The third-order valence-electron chi connectivity index (χ3n) is 1.89. The van der Waals surface area contributed by atoms with Gasteiger partial charge in [-0.2, -0.15) is 0 Å². The van der Waals surface area contributed by atoms with Crippen LogP contribution in [0, 0.1) is 0 Å². The van der Waals surface area contributed by atoms with E-state index < -0.39 is 12.4 Å². The zero-order chi connectivity index (χ0) is 11.3. The number of hydrogen-bond donors (Lipinski definition) is 0. The van der Waals surface area contributed by atoms with Gasteiger partial charge in [0.25, 0.3) is 0 Å². The molecule has 8 heteroatoms. The van der Waals surface area contributed by atoms with Gasteiger partial charge in [0.2, 0.25) is 0 Å². The Kier molecular flexibility index (Phi) is 7.38. The zero-order valence-electron chi connectivity index (χ0n) is 8.78. The summed E-state index contributed by atoms with van der Waals surface area (Å²) in [5, 5.41) is 3.26. The van der Waals surface area contributed by atoms with Gasteiger partial charge < -0.3 is 12.9 Å². The summed E-state index contributed by atoms with van der Waals surface area (Å²) in [6.45, 7) is -4.78. The van der Waals surface area contributed by atoms with Crippen LogP contribution in [0.3, 0.4) is 0 Å². The molecular formula is C8H8BF3KN3. The van der Waals surface area contributed by atoms with E-state index in [0.29, 0.717) is 12.0 Å². The van der Waals surface area contributed by atoms with Crippen molar-refractivity contribution in [3.05, 3.63) is 40.3 Å². The molecule has 0 bridgehead atoms. The Labute approximate surface area is 134 Å². The molecule has 0 aliphatic heterocycles. The first-order valence-electron chi connectivity index (χ1n) is 4.33. The molecule has 0 heterocycles. The molecule has 3 nitrogen and oxygen atoms in total. The summed E-state index contributed by atoms with van der Waals surface area (Å²) in [6, 6.07) is 5.07. The fraction of sp³-hybridized carbons (Fsp3) is 0.250. The average molecular weight is 253 g/mol. The molecule has 1 aromatic rings. The van der Waals surface area contributed by atoms with Crippen LogP contribution < -0.4 is 56.8 Å². The van der Waals surface area contributed by atoms with E-state index in [9.17, 15) is 12.9 Å². The number of hydrogen-bond acceptors (Lipinski definition) is 1. The molecule has 1 rings (SSSR count). The van der Waals surface area contributed by atoms with Gasteiger partial charge >= 0.3 is 58.4 Å². The molecule has 0 N–H and O–H groups in total. The summed E-state index contributed by atoms with van der Waals surface area (Å²) in [7, 11) is 0. The van der Waals surface area contributed by atoms with Crippen LogP contribution in [0.15, 0.2) is 29.4 Å². The van der Waals surface area contributed by atoms with Crippen molar-refractivity contribution in [3.63, 3.8) is 0 Å². The maximum absolute atomic E-state index is 12.3. The molecule has 0 atom stereocenters. The van der Waals surface area contributed by atoms with Crippen molar-refractivity contribution < 1.29 is 64.3 Å². The van der Waals surface area contributed by atoms with E-state index in [2.05, 4.69) is 10.0 Å². The molecule has 0 radical (unpaired) electrons. The molecule has 0 aromatic heterocycles. The van der Waals surface area contributed by atoms with Gasteiger partial charge in [0.05, 0.1) is 0 Å². The summed E-state index contributed by atoms with van der Waals surface area (Å²) < 4.78 is 37.0. The summed E-state index contributed by atoms with van der Waals surface area (Å²) in [5.41, 5.74) is 7.92. The molecule has 0 spiro atoms. The summed E-state index contributed by atoms with van der Waals surface area (Å²) in [6.07, 6.45) is 0.323. The van der Waals surface area contributed by atoms with Gasteiger partial charge in [0, 0.05) is 11.5 Å². The zero-order valence-corrected chi connectivity index (χ0v) is 11.9. The second-order valence-electron chi connectivity index (χ2n) is 3.02. The molecule has 0 saturated heterocycles. The normalized spacial score (nSPS) is 10.2. The predicted octanol–water partition coefficient (Wildman–Crippen LogP) is -0.402. The van der Waals surface area contributed by atoms with E-state index in [4.69, 9.17) is 5.53 Å². The molecule has 0 fully saturated rings. The van der Waals surface area contributed by atoms with E-state index in [1.54, 1.807) is 6.07 Å². The number of benzene rings is 1. The minimum atomic E-state index is -4.95. The van der Waals surface area contributed by atoms with Crippen LogP contribution in [0.25, 0.3) is 10.4 Å². The van der Waals surface area contributed by atoms with E-state index in [1.165, 1.54) is 6.07 Å². The topological polar surface area (TPSA) is 48.8 Å². The fourth-order valence-electron chi connectivity index (χ4n) is 1.18. The van der Waals surface area contributed by atoms with Crippen LogP contribution in [0.1, 0.15) is 5.56 Å². The van der Waals surface area contributed by atoms with E-state index >= 15 is 0 Å². The summed E-state index contributed by atoms with van der Waals surface area (Å²) in [5.74, 6) is 0. The Hall–Kier alpha value is 0.0213. The maximum Gasteiger partial charge on any atom is 1.00 e. The maximum atomic E-state index is 12.3.